The van der Waals surface area contributed by atoms with Crippen LogP contribution in [0.2, 0.25) is 0 Å². The maximum absolute atomic E-state index is 12.4. The van der Waals surface area contributed by atoms with Crippen LogP contribution >= 0.6 is 0 Å². The van der Waals surface area contributed by atoms with E-state index in [0.29, 0.717) is 19.4 Å². The minimum absolute atomic E-state index is 0.0679. The number of hydrogen-bond acceptors (Lipinski definition) is 4. The molecule has 0 saturated carbocycles. The number of aryl methyl sites for hydroxylation is 4. The zero-order valence-corrected chi connectivity index (χ0v) is 15.7. The summed E-state index contributed by atoms with van der Waals surface area (Å²) in [6.45, 7) is 6.32. The van der Waals surface area contributed by atoms with Gasteiger partial charge in [-0.25, -0.2) is 0 Å². The third-order valence-corrected chi connectivity index (χ3v) is 4.59. The van der Waals surface area contributed by atoms with Crippen LogP contribution in [0.15, 0.2) is 45.3 Å². The summed E-state index contributed by atoms with van der Waals surface area (Å²) < 4.78 is 11.0. The Balaban J connectivity index is 1.57. The molecule has 0 N–H and O–H groups in total. The highest BCUT2D eigenvalue weighted by atomic mass is 16.5. The number of benzene rings is 1. The number of furan rings is 1. The first-order valence-corrected chi connectivity index (χ1v) is 8.75. The fourth-order valence-electron chi connectivity index (χ4n) is 2.86. The summed E-state index contributed by atoms with van der Waals surface area (Å²) in [6.07, 6.45) is 0.983. The molecule has 3 aromatic rings. The van der Waals surface area contributed by atoms with E-state index in [1.165, 1.54) is 5.56 Å². The van der Waals surface area contributed by atoms with Gasteiger partial charge in [0.25, 0.3) is 0 Å². The Morgan fingerprint density at radius 2 is 1.81 bits per heavy atom. The molecule has 26 heavy (non-hydrogen) atoms. The van der Waals surface area contributed by atoms with E-state index < -0.39 is 0 Å². The molecule has 0 aliphatic carbocycles. The smallest absolute Gasteiger partial charge is 0.223 e. The largest absolute Gasteiger partial charge is 0.461 e. The zero-order chi connectivity index (χ0) is 18.7. The lowest BCUT2D eigenvalue weighted by atomic mass is 10.1. The predicted molar refractivity (Wildman–Crippen MR) is 99.7 cm³/mol. The number of carbonyl (C=O) groups is 1. The van der Waals surface area contributed by atoms with Crippen LogP contribution in [0, 0.1) is 20.8 Å². The SMILES string of the molecule is Cc1ccc(-c2ccc(CCC(=O)N(C)Cc3c(C)noc3C)o2)cc1. The number of amides is 1. The second-order valence-corrected chi connectivity index (χ2v) is 6.68. The first-order chi connectivity index (χ1) is 12.4. The number of aromatic nitrogens is 1. The van der Waals surface area contributed by atoms with Crippen molar-refractivity contribution in [1.29, 1.82) is 0 Å². The lowest BCUT2D eigenvalue weighted by molar-refractivity contribution is -0.130. The molecule has 1 amide bonds. The van der Waals surface area contributed by atoms with Crippen molar-refractivity contribution in [2.24, 2.45) is 0 Å². The third kappa shape index (κ3) is 4.04. The molecule has 0 aliphatic heterocycles. The molecule has 0 radical (unpaired) electrons. The van der Waals surface area contributed by atoms with Gasteiger partial charge in [-0.15, -0.1) is 0 Å². The van der Waals surface area contributed by atoms with Crippen molar-refractivity contribution in [1.82, 2.24) is 10.1 Å². The van der Waals surface area contributed by atoms with Crippen molar-refractivity contribution >= 4 is 5.91 Å². The number of hydrogen-bond donors (Lipinski definition) is 0. The summed E-state index contributed by atoms with van der Waals surface area (Å²) in [5, 5.41) is 3.93. The van der Waals surface area contributed by atoms with Crippen LogP contribution < -0.4 is 0 Å². The molecule has 0 atom stereocenters. The Morgan fingerprint density at radius 1 is 1.08 bits per heavy atom. The van der Waals surface area contributed by atoms with Crippen molar-refractivity contribution in [2.45, 2.75) is 40.2 Å². The van der Waals surface area contributed by atoms with Gasteiger partial charge in [0, 0.05) is 31.0 Å². The first-order valence-electron chi connectivity index (χ1n) is 8.75. The Labute approximate surface area is 153 Å². The molecule has 5 heteroatoms. The molecule has 2 heterocycles. The maximum Gasteiger partial charge on any atom is 0.223 e. The van der Waals surface area contributed by atoms with Gasteiger partial charge in [-0.05, 0) is 32.9 Å². The molecule has 1 aromatic carbocycles. The third-order valence-electron chi connectivity index (χ3n) is 4.59. The molecule has 0 spiro atoms. The Kier molecular flexibility index (Phi) is 5.26. The van der Waals surface area contributed by atoms with Crippen molar-refractivity contribution < 1.29 is 13.7 Å². The molecule has 2 aromatic heterocycles. The lowest BCUT2D eigenvalue weighted by Crippen LogP contribution is -2.26. The molecule has 0 aliphatic rings. The van der Waals surface area contributed by atoms with Crippen LogP contribution in [-0.2, 0) is 17.8 Å². The van der Waals surface area contributed by atoms with E-state index in [9.17, 15) is 4.79 Å². The molecule has 0 bridgehead atoms. The fraction of sp³-hybridized carbons (Fsp3) is 0.333. The summed E-state index contributed by atoms with van der Waals surface area (Å²) in [7, 11) is 1.80. The molecular formula is C21H24N2O3. The summed E-state index contributed by atoms with van der Waals surface area (Å²) in [6, 6.07) is 12.1. The molecule has 0 saturated heterocycles. The molecule has 0 unspecified atom stereocenters. The topological polar surface area (TPSA) is 59.5 Å². The summed E-state index contributed by atoms with van der Waals surface area (Å²) >= 11 is 0. The Bertz CT molecular complexity index is 871. The maximum atomic E-state index is 12.4. The molecule has 0 fully saturated rings. The normalized spacial score (nSPS) is 10.9. The highest BCUT2D eigenvalue weighted by Gasteiger charge is 2.16. The van der Waals surface area contributed by atoms with E-state index >= 15 is 0 Å². The van der Waals surface area contributed by atoms with Crippen LogP contribution in [0.5, 0.6) is 0 Å². The van der Waals surface area contributed by atoms with Gasteiger partial charge in [0.2, 0.25) is 5.91 Å². The van der Waals surface area contributed by atoms with Gasteiger partial charge in [-0.2, -0.15) is 0 Å². The fourth-order valence-corrected chi connectivity index (χ4v) is 2.86. The van der Waals surface area contributed by atoms with E-state index in [1.807, 2.05) is 38.1 Å². The Morgan fingerprint density at radius 3 is 2.46 bits per heavy atom. The second kappa shape index (κ2) is 7.60. The van der Waals surface area contributed by atoms with Gasteiger partial charge in [-0.3, -0.25) is 4.79 Å². The van der Waals surface area contributed by atoms with E-state index in [4.69, 9.17) is 8.94 Å². The summed E-state index contributed by atoms with van der Waals surface area (Å²) in [5.74, 6) is 2.48. The predicted octanol–water partition coefficient (Wildman–Crippen LogP) is 4.45. The lowest BCUT2D eigenvalue weighted by Gasteiger charge is -2.16. The minimum atomic E-state index is 0.0679. The minimum Gasteiger partial charge on any atom is -0.461 e. The van der Waals surface area contributed by atoms with Crippen molar-refractivity contribution in [3.8, 4) is 11.3 Å². The number of rotatable bonds is 6. The van der Waals surface area contributed by atoms with Gasteiger partial charge in [0.1, 0.15) is 17.3 Å². The highest BCUT2D eigenvalue weighted by molar-refractivity contribution is 5.76. The van der Waals surface area contributed by atoms with E-state index in [1.54, 1.807) is 11.9 Å². The van der Waals surface area contributed by atoms with Crippen LogP contribution in [0.4, 0.5) is 0 Å². The van der Waals surface area contributed by atoms with Crippen LogP contribution in [0.1, 0.15) is 34.8 Å². The van der Waals surface area contributed by atoms with Gasteiger partial charge in [0.15, 0.2) is 0 Å². The number of nitrogens with zero attached hydrogens (tertiary/aromatic N) is 2. The van der Waals surface area contributed by atoms with Crippen molar-refractivity contribution in [2.75, 3.05) is 7.05 Å². The monoisotopic (exact) mass is 352 g/mol. The molecule has 5 nitrogen and oxygen atoms in total. The standard InChI is InChI=1S/C21H24N2O3/c1-14-5-7-17(8-6-14)20-11-9-18(25-20)10-12-21(24)23(4)13-19-15(2)22-26-16(19)3/h5-9,11H,10,12-13H2,1-4H3. The quantitative estimate of drug-likeness (QED) is 0.657. The van der Waals surface area contributed by atoms with E-state index in [-0.39, 0.29) is 5.91 Å². The van der Waals surface area contributed by atoms with Crippen molar-refractivity contribution in [3.63, 3.8) is 0 Å². The van der Waals surface area contributed by atoms with Gasteiger partial charge in [-0.1, -0.05) is 35.0 Å². The average molecular weight is 352 g/mol. The molecule has 3 rings (SSSR count). The van der Waals surface area contributed by atoms with Gasteiger partial charge in [0.05, 0.1) is 12.2 Å². The number of carbonyl (C=O) groups excluding carboxylic acids is 1. The van der Waals surface area contributed by atoms with E-state index in [2.05, 4.69) is 24.2 Å². The summed E-state index contributed by atoms with van der Waals surface area (Å²) in [4.78, 5) is 14.1. The Hall–Kier alpha value is -2.82. The highest BCUT2D eigenvalue weighted by Crippen LogP contribution is 2.23. The average Bonchev–Trinajstić information content (AvgIpc) is 3.22. The van der Waals surface area contributed by atoms with Crippen LogP contribution in [0.3, 0.4) is 0 Å². The first kappa shape index (κ1) is 18.0. The van der Waals surface area contributed by atoms with Gasteiger partial charge < -0.3 is 13.8 Å². The second-order valence-electron chi connectivity index (χ2n) is 6.68. The zero-order valence-electron chi connectivity index (χ0n) is 15.7. The van der Waals surface area contributed by atoms with E-state index in [0.717, 1.165) is 34.1 Å². The molecule has 136 valence electrons. The summed E-state index contributed by atoms with van der Waals surface area (Å²) in [5.41, 5.74) is 4.06. The molecular weight excluding hydrogens is 328 g/mol. The van der Waals surface area contributed by atoms with Crippen molar-refractivity contribution in [3.05, 3.63) is 64.7 Å². The van der Waals surface area contributed by atoms with Crippen LogP contribution in [-0.4, -0.2) is 23.0 Å². The van der Waals surface area contributed by atoms with Crippen LogP contribution in [0.25, 0.3) is 11.3 Å². The van der Waals surface area contributed by atoms with Gasteiger partial charge >= 0.3 is 0 Å².